The molecule has 5 aliphatic rings. The average Bonchev–Trinajstić information content (AvgIpc) is 3.20. The smallest absolute Gasteiger partial charge is 0.319 e. The van der Waals surface area contributed by atoms with Gasteiger partial charge in [0, 0.05) is 43.3 Å². The SMILES string of the molecule is CC1CC(CN2C(=O)C3CC(S(=O)(=O)NC4(C)CC4)CCC3N(CC3CC(C)NN3C)C2=O)ON1. The van der Waals surface area contributed by atoms with Gasteiger partial charge in [0.1, 0.15) is 0 Å². The van der Waals surface area contributed by atoms with E-state index in [9.17, 15) is 18.0 Å². The Morgan fingerprint density at radius 1 is 1.09 bits per heavy atom. The van der Waals surface area contributed by atoms with Crippen LogP contribution in [0.5, 0.6) is 0 Å². The second-order valence-electron chi connectivity index (χ2n) is 11.7. The van der Waals surface area contributed by atoms with Crippen LogP contribution in [-0.2, 0) is 19.7 Å². The van der Waals surface area contributed by atoms with Crippen molar-refractivity contribution in [2.24, 2.45) is 5.92 Å². The summed E-state index contributed by atoms with van der Waals surface area (Å²) in [7, 11) is -1.56. The first-order valence-electron chi connectivity index (χ1n) is 13.0. The number of hydrazine groups is 1. The van der Waals surface area contributed by atoms with Gasteiger partial charge in [-0.25, -0.2) is 22.9 Å². The molecule has 0 spiro atoms. The first-order valence-corrected chi connectivity index (χ1v) is 14.6. The van der Waals surface area contributed by atoms with Crippen molar-refractivity contribution in [3.05, 3.63) is 0 Å². The Morgan fingerprint density at radius 3 is 2.43 bits per heavy atom. The van der Waals surface area contributed by atoms with Gasteiger partial charge in [-0.1, -0.05) is 0 Å². The number of rotatable bonds is 7. The van der Waals surface area contributed by atoms with Crippen LogP contribution in [0.15, 0.2) is 0 Å². The van der Waals surface area contributed by atoms with Crippen LogP contribution in [0.3, 0.4) is 0 Å². The van der Waals surface area contributed by atoms with E-state index >= 15 is 0 Å². The summed E-state index contributed by atoms with van der Waals surface area (Å²) < 4.78 is 29.2. The fourth-order valence-electron chi connectivity index (χ4n) is 6.24. The molecule has 198 valence electrons. The second-order valence-corrected chi connectivity index (χ2v) is 13.7. The second kappa shape index (κ2) is 9.21. The molecule has 0 aromatic heterocycles. The predicted molar refractivity (Wildman–Crippen MR) is 129 cm³/mol. The zero-order valence-electron chi connectivity index (χ0n) is 21.2. The maximum Gasteiger partial charge on any atom is 0.327 e. The van der Waals surface area contributed by atoms with Crippen LogP contribution in [0.2, 0.25) is 0 Å². The summed E-state index contributed by atoms with van der Waals surface area (Å²) >= 11 is 0. The molecule has 0 aromatic carbocycles. The molecule has 3 saturated heterocycles. The number of carbonyl (C=O) groups excluding carboxylic acids is 2. The number of likely N-dealkylation sites (N-methyl/N-ethyl adjacent to an activating group) is 1. The minimum atomic E-state index is -3.55. The molecule has 0 radical (unpaired) electrons. The first-order chi connectivity index (χ1) is 16.5. The number of imide groups is 1. The van der Waals surface area contributed by atoms with Crippen LogP contribution in [0.25, 0.3) is 0 Å². The van der Waals surface area contributed by atoms with Gasteiger partial charge in [0.15, 0.2) is 0 Å². The van der Waals surface area contributed by atoms with Gasteiger partial charge in [-0.05, 0) is 65.7 Å². The van der Waals surface area contributed by atoms with Crippen molar-refractivity contribution >= 4 is 22.0 Å². The number of sulfonamides is 1. The highest BCUT2D eigenvalue weighted by molar-refractivity contribution is 7.90. The number of nitrogens with zero attached hydrogens (tertiary/aromatic N) is 3. The molecule has 11 nitrogen and oxygen atoms in total. The molecule has 3 amide bonds. The minimum absolute atomic E-state index is 0.131. The third kappa shape index (κ3) is 5.10. The Labute approximate surface area is 208 Å². The summed E-state index contributed by atoms with van der Waals surface area (Å²) in [5.74, 6) is -0.790. The normalized spacial score (nSPS) is 39.8. The molecule has 35 heavy (non-hydrogen) atoms. The van der Waals surface area contributed by atoms with Crippen molar-refractivity contribution in [1.29, 1.82) is 0 Å². The van der Waals surface area contributed by atoms with Gasteiger partial charge >= 0.3 is 6.03 Å². The first kappa shape index (κ1) is 25.3. The highest BCUT2D eigenvalue weighted by atomic mass is 32.2. The van der Waals surface area contributed by atoms with E-state index in [1.807, 2.05) is 25.8 Å². The molecule has 5 fully saturated rings. The largest absolute Gasteiger partial charge is 0.327 e. The van der Waals surface area contributed by atoms with E-state index in [4.69, 9.17) is 4.84 Å². The molecule has 0 bridgehead atoms. The minimum Gasteiger partial charge on any atom is -0.319 e. The summed E-state index contributed by atoms with van der Waals surface area (Å²) in [5.41, 5.74) is 5.95. The molecule has 12 heteroatoms. The van der Waals surface area contributed by atoms with Gasteiger partial charge in [-0.15, -0.1) is 0 Å². The van der Waals surface area contributed by atoms with E-state index in [-0.39, 0.29) is 54.7 Å². The zero-order chi connectivity index (χ0) is 25.1. The molecule has 7 atom stereocenters. The Bertz CT molecular complexity index is 958. The van der Waals surface area contributed by atoms with Gasteiger partial charge < -0.3 is 4.90 Å². The van der Waals surface area contributed by atoms with E-state index < -0.39 is 21.2 Å². The van der Waals surface area contributed by atoms with Crippen molar-refractivity contribution in [2.45, 2.75) is 107 Å². The van der Waals surface area contributed by atoms with Gasteiger partial charge in [0.05, 0.1) is 23.8 Å². The Balaban J connectivity index is 1.37. The lowest BCUT2D eigenvalue weighted by Crippen LogP contribution is -2.66. The average molecular weight is 513 g/mol. The molecule has 2 aliphatic carbocycles. The summed E-state index contributed by atoms with van der Waals surface area (Å²) in [6.45, 7) is 6.72. The summed E-state index contributed by atoms with van der Waals surface area (Å²) in [6.07, 6.45) is 4.22. The topological polar surface area (TPSA) is 123 Å². The van der Waals surface area contributed by atoms with Crippen LogP contribution in [0.4, 0.5) is 4.79 Å². The Hall–Kier alpha value is -1.31. The molecular formula is C23H40N6O5S. The standard InChI is InChI=1S/C23H40N6O5S/c1-14-9-16(27(4)24-14)12-28-20-6-5-18(35(32,33)26-23(3)7-8-23)11-19(20)21(30)29(22(28)31)13-17-10-15(2)25-34-17/h14-20,24-26H,5-13H2,1-4H3. The number of nitrogens with one attached hydrogen (secondary N) is 3. The highest BCUT2D eigenvalue weighted by Gasteiger charge is 2.53. The summed E-state index contributed by atoms with van der Waals surface area (Å²) in [6, 6.07) is 0.0376. The number of carbonyl (C=O) groups is 2. The molecule has 0 aromatic rings. The van der Waals surface area contributed by atoms with E-state index in [1.54, 1.807) is 0 Å². The Morgan fingerprint density at radius 2 is 1.83 bits per heavy atom. The quantitative estimate of drug-likeness (QED) is 0.452. The molecule has 3 aliphatic heterocycles. The third-order valence-electron chi connectivity index (χ3n) is 8.50. The fraction of sp³-hybridized carbons (Fsp3) is 0.913. The van der Waals surface area contributed by atoms with E-state index in [1.165, 1.54) is 4.90 Å². The molecule has 2 saturated carbocycles. The number of amides is 3. The van der Waals surface area contributed by atoms with Crippen LogP contribution in [0, 0.1) is 5.92 Å². The zero-order valence-corrected chi connectivity index (χ0v) is 22.0. The lowest BCUT2D eigenvalue weighted by atomic mass is 9.80. The molecule has 3 N–H and O–H groups in total. The van der Waals surface area contributed by atoms with E-state index in [0.717, 1.165) is 19.3 Å². The van der Waals surface area contributed by atoms with Crippen LogP contribution >= 0.6 is 0 Å². The monoisotopic (exact) mass is 512 g/mol. The Kier molecular flexibility index (Phi) is 6.67. The lowest BCUT2D eigenvalue weighted by Gasteiger charge is -2.49. The van der Waals surface area contributed by atoms with Gasteiger partial charge in [0.2, 0.25) is 15.9 Å². The number of hydrogen-bond donors (Lipinski definition) is 3. The molecule has 3 heterocycles. The van der Waals surface area contributed by atoms with Crippen LogP contribution in [-0.4, -0.2) is 96.4 Å². The van der Waals surface area contributed by atoms with Crippen molar-refractivity contribution < 1.29 is 22.8 Å². The number of hydroxylamine groups is 1. The van der Waals surface area contributed by atoms with Gasteiger partial charge in [-0.2, -0.15) is 5.48 Å². The van der Waals surface area contributed by atoms with E-state index in [2.05, 4.69) is 27.6 Å². The fourth-order valence-corrected chi connectivity index (χ4v) is 8.20. The van der Waals surface area contributed by atoms with Crippen molar-refractivity contribution in [3.8, 4) is 0 Å². The maximum absolute atomic E-state index is 13.7. The molecular weight excluding hydrogens is 472 g/mol. The molecule has 7 unspecified atom stereocenters. The summed E-state index contributed by atoms with van der Waals surface area (Å²) in [5, 5.41) is 1.43. The third-order valence-corrected chi connectivity index (χ3v) is 10.6. The molecule has 5 rings (SSSR count). The van der Waals surface area contributed by atoms with Gasteiger partial charge in [0.25, 0.3) is 0 Å². The maximum atomic E-state index is 13.7. The number of urea groups is 1. The summed E-state index contributed by atoms with van der Waals surface area (Å²) in [4.78, 5) is 36.1. The van der Waals surface area contributed by atoms with Crippen molar-refractivity contribution in [1.82, 2.24) is 30.4 Å². The van der Waals surface area contributed by atoms with Crippen LogP contribution in [0.1, 0.15) is 65.7 Å². The van der Waals surface area contributed by atoms with Gasteiger partial charge in [-0.3, -0.25) is 20.0 Å². The lowest BCUT2D eigenvalue weighted by molar-refractivity contribution is -0.142. The van der Waals surface area contributed by atoms with Crippen molar-refractivity contribution in [3.63, 3.8) is 0 Å². The van der Waals surface area contributed by atoms with Crippen molar-refractivity contribution in [2.75, 3.05) is 20.1 Å². The predicted octanol–water partition coefficient (Wildman–Crippen LogP) is 0.539. The number of hydrogen-bond acceptors (Lipinski definition) is 8. The highest BCUT2D eigenvalue weighted by Crippen LogP contribution is 2.40. The van der Waals surface area contributed by atoms with E-state index in [0.29, 0.717) is 31.8 Å². The van der Waals surface area contributed by atoms with Crippen LogP contribution < -0.4 is 15.6 Å². The number of fused-ring (bicyclic) bond motifs is 1.